The van der Waals surface area contributed by atoms with Crippen LogP contribution in [0.5, 0.6) is 11.5 Å². The van der Waals surface area contributed by atoms with E-state index in [9.17, 15) is 10.2 Å². The topological polar surface area (TPSA) is 76.3 Å². The van der Waals surface area contributed by atoms with Crippen molar-refractivity contribution in [1.82, 2.24) is 5.32 Å². The molecule has 1 atom stereocenters. The van der Waals surface area contributed by atoms with E-state index in [0.717, 1.165) is 19.4 Å². The van der Waals surface area contributed by atoms with Crippen molar-refractivity contribution in [2.45, 2.75) is 25.3 Å². The molecular formula is C12H14N2O2. The minimum atomic E-state index is -0.164. The van der Waals surface area contributed by atoms with Crippen molar-refractivity contribution in [1.29, 1.82) is 5.26 Å². The van der Waals surface area contributed by atoms with Gasteiger partial charge in [-0.3, -0.25) is 0 Å². The van der Waals surface area contributed by atoms with E-state index in [0.29, 0.717) is 18.0 Å². The number of nitriles is 1. The van der Waals surface area contributed by atoms with Gasteiger partial charge in [0.2, 0.25) is 0 Å². The minimum Gasteiger partial charge on any atom is -0.508 e. The molecule has 3 N–H and O–H groups in total. The second kappa shape index (κ2) is 4.42. The van der Waals surface area contributed by atoms with E-state index in [4.69, 9.17) is 5.26 Å². The van der Waals surface area contributed by atoms with E-state index in [1.807, 2.05) is 6.07 Å². The summed E-state index contributed by atoms with van der Waals surface area (Å²) in [4.78, 5) is 0. The standard InChI is InChI=1S/C12H14N2O2/c13-7-9-4-8(11(15)6-12(9)16)5-10-2-1-3-14-10/h4,6,10,14-16H,1-3,5H2. The van der Waals surface area contributed by atoms with E-state index in [1.54, 1.807) is 6.07 Å². The van der Waals surface area contributed by atoms with E-state index in [2.05, 4.69) is 5.32 Å². The number of benzene rings is 1. The molecule has 1 aromatic carbocycles. The summed E-state index contributed by atoms with van der Waals surface area (Å²) in [6, 6.07) is 5.07. The fourth-order valence-corrected chi connectivity index (χ4v) is 2.07. The molecule has 1 unspecified atom stereocenters. The molecule has 1 saturated heterocycles. The molecule has 1 heterocycles. The Bertz CT molecular complexity index is 431. The molecule has 0 aliphatic carbocycles. The van der Waals surface area contributed by atoms with Crippen LogP contribution in [-0.2, 0) is 6.42 Å². The van der Waals surface area contributed by atoms with Gasteiger partial charge in [-0.25, -0.2) is 0 Å². The monoisotopic (exact) mass is 218 g/mol. The maximum absolute atomic E-state index is 9.67. The number of phenols is 2. The van der Waals surface area contributed by atoms with Gasteiger partial charge in [0.15, 0.2) is 0 Å². The lowest BCUT2D eigenvalue weighted by atomic mass is 10.0. The minimum absolute atomic E-state index is 0.0604. The van der Waals surface area contributed by atoms with Gasteiger partial charge in [-0.15, -0.1) is 0 Å². The van der Waals surface area contributed by atoms with Crippen LogP contribution in [0.4, 0.5) is 0 Å². The Balaban J connectivity index is 2.23. The van der Waals surface area contributed by atoms with Gasteiger partial charge in [0, 0.05) is 12.1 Å². The summed E-state index contributed by atoms with van der Waals surface area (Å²) >= 11 is 0. The Morgan fingerprint density at radius 1 is 1.38 bits per heavy atom. The van der Waals surface area contributed by atoms with E-state index >= 15 is 0 Å². The summed E-state index contributed by atoms with van der Waals surface area (Å²) < 4.78 is 0. The lowest BCUT2D eigenvalue weighted by Gasteiger charge is -2.12. The van der Waals surface area contributed by atoms with Crippen molar-refractivity contribution in [2.24, 2.45) is 0 Å². The van der Waals surface area contributed by atoms with Crippen molar-refractivity contribution in [2.75, 3.05) is 6.54 Å². The number of aromatic hydroxyl groups is 2. The summed E-state index contributed by atoms with van der Waals surface area (Å²) in [5.74, 6) is -0.103. The maximum atomic E-state index is 9.67. The van der Waals surface area contributed by atoms with Crippen LogP contribution in [0.3, 0.4) is 0 Å². The first-order valence-electron chi connectivity index (χ1n) is 5.39. The largest absolute Gasteiger partial charge is 0.508 e. The van der Waals surface area contributed by atoms with E-state index in [1.165, 1.54) is 6.07 Å². The Hall–Kier alpha value is -1.73. The Kier molecular flexibility index (Phi) is 2.97. The molecule has 0 aromatic heterocycles. The molecule has 16 heavy (non-hydrogen) atoms. The highest BCUT2D eigenvalue weighted by molar-refractivity contribution is 5.50. The third-order valence-corrected chi connectivity index (χ3v) is 2.95. The molecule has 1 fully saturated rings. The number of nitrogens with zero attached hydrogens (tertiary/aromatic N) is 1. The number of nitrogens with one attached hydrogen (secondary N) is 1. The lowest BCUT2D eigenvalue weighted by molar-refractivity contribution is 0.441. The summed E-state index contributed by atoms with van der Waals surface area (Å²) in [6.07, 6.45) is 2.93. The molecule has 84 valence electrons. The van der Waals surface area contributed by atoms with Crippen molar-refractivity contribution < 1.29 is 10.2 Å². The normalized spacial score (nSPS) is 19.6. The molecule has 0 saturated carbocycles. The zero-order valence-corrected chi connectivity index (χ0v) is 8.90. The molecule has 2 rings (SSSR count). The highest BCUT2D eigenvalue weighted by Crippen LogP contribution is 2.28. The third kappa shape index (κ3) is 2.10. The summed E-state index contributed by atoms with van der Waals surface area (Å²) in [5, 5.41) is 31.2. The van der Waals surface area contributed by atoms with Gasteiger partial charge >= 0.3 is 0 Å². The van der Waals surface area contributed by atoms with E-state index in [-0.39, 0.29) is 17.1 Å². The first kappa shape index (κ1) is 10.8. The van der Waals surface area contributed by atoms with Crippen LogP contribution in [-0.4, -0.2) is 22.8 Å². The average molecular weight is 218 g/mol. The predicted molar refractivity (Wildman–Crippen MR) is 59.2 cm³/mol. The Labute approximate surface area is 94.1 Å². The molecule has 1 aliphatic heterocycles. The van der Waals surface area contributed by atoms with Gasteiger partial charge in [0.05, 0.1) is 5.56 Å². The second-order valence-corrected chi connectivity index (χ2v) is 4.11. The van der Waals surface area contributed by atoms with Crippen LogP contribution in [0.15, 0.2) is 12.1 Å². The second-order valence-electron chi connectivity index (χ2n) is 4.11. The number of hydrogen-bond donors (Lipinski definition) is 3. The quantitative estimate of drug-likeness (QED) is 0.698. The van der Waals surface area contributed by atoms with Crippen molar-refractivity contribution >= 4 is 0 Å². The number of phenolic OH excluding ortho intramolecular Hbond substituents is 2. The van der Waals surface area contributed by atoms with Crippen LogP contribution in [0.25, 0.3) is 0 Å². The Morgan fingerprint density at radius 3 is 2.81 bits per heavy atom. The van der Waals surface area contributed by atoms with Crippen LogP contribution in [0.2, 0.25) is 0 Å². The first-order valence-corrected chi connectivity index (χ1v) is 5.39. The van der Waals surface area contributed by atoms with Crippen molar-refractivity contribution in [3.05, 3.63) is 23.3 Å². The van der Waals surface area contributed by atoms with Crippen LogP contribution in [0, 0.1) is 11.3 Å². The summed E-state index contributed by atoms with van der Waals surface area (Å²) in [7, 11) is 0. The average Bonchev–Trinajstić information content (AvgIpc) is 2.75. The van der Waals surface area contributed by atoms with Gasteiger partial charge in [-0.1, -0.05) is 0 Å². The van der Waals surface area contributed by atoms with Crippen LogP contribution >= 0.6 is 0 Å². The highest BCUT2D eigenvalue weighted by Gasteiger charge is 2.17. The third-order valence-electron chi connectivity index (χ3n) is 2.95. The van der Waals surface area contributed by atoms with Crippen LogP contribution in [0.1, 0.15) is 24.0 Å². The molecule has 1 aromatic rings. The smallest absolute Gasteiger partial charge is 0.137 e. The zero-order chi connectivity index (χ0) is 11.5. The van der Waals surface area contributed by atoms with Crippen molar-refractivity contribution in [3.63, 3.8) is 0 Å². The molecule has 1 aliphatic rings. The zero-order valence-electron chi connectivity index (χ0n) is 8.90. The molecule has 0 spiro atoms. The summed E-state index contributed by atoms with van der Waals surface area (Å²) in [5.41, 5.74) is 0.930. The van der Waals surface area contributed by atoms with Gasteiger partial charge in [0.1, 0.15) is 17.6 Å². The highest BCUT2D eigenvalue weighted by atomic mass is 16.3. The Morgan fingerprint density at radius 2 is 2.19 bits per heavy atom. The van der Waals surface area contributed by atoms with Crippen LogP contribution < -0.4 is 5.32 Å². The number of rotatable bonds is 2. The van der Waals surface area contributed by atoms with Gasteiger partial charge in [0.25, 0.3) is 0 Å². The van der Waals surface area contributed by atoms with Gasteiger partial charge in [-0.2, -0.15) is 5.26 Å². The lowest BCUT2D eigenvalue weighted by Crippen LogP contribution is -2.23. The molecular weight excluding hydrogens is 204 g/mol. The van der Waals surface area contributed by atoms with Gasteiger partial charge in [-0.05, 0) is 37.4 Å². The fraction of sp³-hybridized carbons (Fsp3) is 0.417. The molecule has 0 radical (unpaired) electrons. The van der Waals surface area contributed by atoms with Crippen molar-refractivity contribution in [3.8, 4) is 17.6 Å². The predicted octanol–water partition coefficient (Wildman–Crippen LogP) is 1.26. The SMILES string of the molecule is N#Cc1cc(CC2CCCN2)c(O)cc1O. The maximum Gasteiger partial charge on any atom is 0.137 e. The number of hydrogen-bond acceptors (Lipinski definition) is 4. The molecule has 0 bridgehead atoms. The molecule has 0 amide bonds. The first-order chi connectivity index (χ1) is 7.70. The fourth-order valence-electron chi connectivity index (χ4n) is 2.07. The molecule has 4 nitrogen and oxygen atoms in total. The van der Waals surface area contributed by atoms with E-state index < -0.39 is 0 Å². The summed E-state index contributed by atoms with van der Waals surface area (Å²) in [6.45, 7) is 1.01. The molecule has 4 heteroatoms. The van der Waals surface area contributed by atoms with Gasteiger partial charge < -0.3 is 15.5 Å².